The zero-order valence-electron chi connectivity index (χ0n) is 15.9. The van der Waals surface area contributed by atoms with Gasteiger partial charge in [-0.05, 0) is 36.8 Å². The lowest BCUT2D eigenvalue weighted by atomic mass is 10.2. The number of carbonyl (C=O) groups excluding carboxylic acids is 1. The zero-order valence-corrected chi connectivity index (χ0v) is 15.9. The molecule has 0 bridgehead atoms. The van der Waals surface area contributed by atoms with Gasteiger partial charge in [0.05, 0.1) is 0 Å². The number of hydrogen-bond acceptors (Lipinski definition) is 5. The van der Waals surface area contributed by atoms with Gasteiger partial charge in [-0.2, -0.15) is 0 Å². The molecule has 6 heteroatoms. The van der Waals surface area contributed by atoms with Gasteiger partial charge in [0.2, 0.25) is 0 Å². The minimum atomic E-state index is -0.0533. The molecule has 0 aliphatic carbocycles. The molecule has 4 rings (SSSR count). The highest BCUT2D eigenvalue weighted by atomic mass is 16.2. The van der Waals surface area contributed by atoms with E-state index in [0.717, 1.165) is 18.8 Å². The summed E-state index contributed by atoms with van der Waals surface area (Å²) in [5.41, 5.74) is 3.79. The molecular formula is C22H23N5O. The summed E-state index contributed by atoms with van der Waals surface area (Å²) in [5.74, 6) is 0.561. The van der Waals surface area contributed by atoms with Crippen LogP contribution in [-0.2, 0) is 0 Å². The van der Waals surface area contributed by atoms with Gasteiger partial charge in [-0.15, -0.1) is 0 Å². The topological polar surface area (TPSA) is 61.4 Å². The number of aryl methyl sites for hydroxylation is 1. The number of aromatic nitrogens is 2. The standard InChI is InChI=1S/C22H23N5O/c1-17-6-5-9-19(14-17)26-10-12-27(13-11-26)22(28)20-15-21(24-16-23-20)25-18-7-3-2-4-8-18/h2-9,14-16H,10-13H2,1H3,(H,23,24,25). The van der Waals surface area contributed by atoms with Crippen LogP contribution >= 0.6 is 0 Å². The first-order chi connectivity index (χ1) is 13.7. The average molecular weight is 373 g/mol. The third-order valence-electron chi connectivity index (χ3n) is 4.87. The Morgan fingerprint density at radius 1 is 0.929 bits per heavy atom. The lowest BCUT2D eigenvalue weighted by molar-refractivity contribution is 0.0740. The van der Waals surface area contributed by atoms with Crippen LogP contribution in [0, 0.1) is 6.92 Å². The van der Waals surface area contributed by atoms with E-state index in [4.69, 9.17) is 0 Å². The van der Waals surface area contributed by atoms with Crippen molar-refractivity contribution in [2.24, 2.45) is 0 Å². The Labute approximate surface area is 164 Å². The van der Waals surface area contributed by atoms with Crippen LogP contribution in [0.5, 0.6) is 0 Å². The molecule has 142 valence electrons. The Balaban J connectivity index is 1.41. The number of piperazine rings is 1. The second-order valence-electron chi connectivity index (χ2n) is 6.90. The summed E-state index contributed by atoms with van der Waals surface area (Å²) >= 11 is 0. The lowest BCUT2D eigenvalue weighted by Gasteiger charge is -2.36. The summed E-state index contributed by atoms with van der Waals surface area (Å²) in [5, 5.41) is 3.21. The van der Waals surface area contributed by atoms with Crippen molar-refractivity contribution in [3.63, 3.8) is 0 Å². The lowest BCUT2D eigenvalue weighted by Crippen LogP contribution is -2.49. The Kier molecular flexibility index (Phi) is 5.19. The van der Waals surface area contributed by atoms with Crippen molar-refractivity contribution < 1.29 is 4.79 Å². The molecule has 1 amide bonds. The van der Waals surface area contributed by atoms with Gasteiger partial charge in [-0.3, -0.25) is 4.79 Å². The number of para-hydroxylation sites is 1. The van der Waals surface area contributed by atoms with Crippen molar-refractivity contribution in [1.82, 2.24) is 14.9 Å². The van der Waals surface area contributed by atoms with Crippen molar-refractivity contribution >= 4 is 23.1 Å². The monoisotopic (exact) mass is 373 g/mol. The molecule has 1 fully saturated rings. The fraction of sp³-hybridized carbons (Fsp3) is 0.227. The molecular weight excluding hydrogens is 350 g/mol. The van der Waals surface area contributed by atoms with E-state index in [2.05, 4.69) is 51.4 Å². The molecule has 0 atom stereocenters. The van der Waals surface area contributed by atoms with Crippen molar-refractivity contribution in [1.29, 1.82) is 0 Å². The van der Waals surface area contributed by atoms with Crippen LogP contribution in [0.3, 0.4) is 0 Å². The second kappa shape index (κ2) is 8.08. The molecule has 0 radical (unpaired) electrons. The predicted octanol–water partition coefficient (Wildman–Crippen LogP) is 3.49. The number of nitrogens with one attached hydrogen (secondary N) is 1. The summed E-state index contributed by atoms with van der Waals surface area (Å²) < 4.78 is 0. The smallest absolute Gasteiger partial charge is 0.272 e. The molecule has 1 N–H and O–H groups in total. The minimum Gasteiger partial charge on any atom is -0.368 e. The summed E-state index contributed by atoms with van der Waals surface area (Å²) in [6.07, 6.45) is 1.43. The molecule has 3 aromatic rings. The minimum absolute atomic E-state index is 0.0533. The van der Waals surface area contributed by atoms with E-state index < -0.39 is 0 Å². The largest absolute Gasteiger partial charge is 0.368 e. The molecule has 2 aromatic carbocycles. The molecule has 2 heterocycles. The SMILES string of the molecule is Cc1cccc(N2CCN(C(=O)c3cc(Nc4ccccc4)ncn3)CC2)c1. The molecule has 1 saturated heterocycles. The first-order valence-corrected chi connectivity index (χ1v) is 9.44. The third-order valence-corrected chi connectivity index (χ3v) is 4.87. The van der Waals surface area contributed by atoms with Crippen LogP contribution < -0.4 is 10.2 Å². The summed E-state index contributed by atoms with van der Waals surface area (Å²) in [6, 6.07) is 19.9. The Hall–Kier alpha value is -3.41. The van der Waals surface area contributed by atoms with Gasteiger partial charge in [-0.1, -0.05) is 30.3 Å². The number of anilines is 3. The van der Waals surface area contributed by atoms with Crippen molar-refractivity contribution in [3.05, 3.63) is 78.2 Å². The maximum Gasteiger partial charge on any atom is 0.272 e. The zero-order chi connectivity index (χ0) is 19.3. The Bertz CT molecular complexity index is 952. The second-order valence-corrected chi connectivity index (χ2v) is 6.90. The highest BCUT2D eigenvalue weighted by Crippen LogP contribution is 2.19. The van der Waals surface area contributed by atoms with Gasteiger partial charge in [0.1, 0.15) is 17.8 Å². The van der Waals surface area contributed by atoms with Crippen LogP contribution in [0.4, 0.5) is 17.2 Å². The van der Waals surface area contributed by atoms with E-state index in [1.807, 2.05) is 35.2 Å². The van der Waals surface area contributed by atoms with Crippen LogP contribution in [0.2, 0.25) is 0 Å². The van der Waals surface area contributed by atoms with Crippen molar-refractivity contribution in [2.75, 3.05) is 36.4 Å². The highest BCUT2D eigenvalue weighted by Gasteiger charge is 2.23. The Morgan fingerprint density at radius 2 is 1.71 bits per heavy atom. The highest BCUT2D eigenvalue weighted by molar-refractivity contribution is 5.93. The molecule has 0 spiro atoms. The third kappa shape index (κ3) is 4.11. The summed E-state index contributed by atoms with van der Waals surface area (Å²) in [7, 11) is 0. The van der Waals surface area contributed by atoms with Gasteiger partial charge in [-0.25, -0.2) is 9.97 Å². The summed E-state index contributed by atoms with van der Waals surface area (Å²) in [6.45, 7) is 5.08. The molecule has 0 saturated carbocycles. The predicted molar refractivity (Wildman–Crippen MR) is 111 cm³/mol. The number of nitrogens with zero attached hydrogens (tertiary/aromatic N) is 4. The molecule has 1 aliphatic heterocycles. The van der Waals surface area contributed by atoms with Gasteiger partial charge in [0.25, 0.3) is 5.91 Å². The number of carbonyl (C=O) groups is 1. The molecule has 6 nitrogen and oxygen atoms in total. The van der Waals surface area contributed by atoms with E-state index in [-0.39, 0.29) is 5.91 Å². The quantitative estimate of drug-likeness (QED) is 0.759. The van der Waals surface area contributed by atoms with Gasteiger partial charge in [0, 0.05) is 43.6 Å². The van der Waals surface area contributed by atoms with Gasteiger partial charge >= 0.3 is 0 Å². The molecule has 1 aliphatic rings. The average Bonchev–Trinajstić information content (AvgIpc) is 2.74. The van der Waals surface area contributed by atoms with Crippen molar-refractivity contribution in [2.45, 2.75) is 6.92 Å². The van der Waals surface area contributed by atoms with E-state index in [0.29, 0.717) is 24.6 Å². The van der Waals surface area contributed by atoms with E-state index in [9.17, 15) is 4.79 Å². The number of benzene rings is 2. The first kappa shape index (κ1) is 18.0. The van der Waals surface area contributed by atoms with Crippen LogP contribution in [0.25, 0.3) is 0 Å². The van der Waals surface area contributed by atoms with Crippen LogP contribution in [0.1, 0.15) is 16.1 Å². The number of hydrogen-bond donors (Lipinski definition) is 1. The van der Waals surface area contributed by atoms with Crippen molar-refractivity contribution in [3.8, 4) is 0 Å². The maximum absolute atomic E-state index is 12.9. The normalized spacial score (nSPS) is 14.0. The fourth-order valence-electron chi connectivity index (χ4n) is 3.37. The maximum atomic E-state index is 12.9. The Morgan fingerprint density at radius 3 is 2.46 bits per heavy atom. The molecule has 28 heavy (non-hydrogen) atoms. The van der Waals surface area contributed by atoms with Gasteiger partial charge in [0.15, 0.2) is 0 Å². The van der Waals surface area contributed by atoms with E-state index in [1.54, 1.807) is 6.07 Å². The van der Waals surface area contributed by atoms with Crippen LogP contribution in [-0.4, -0.2) is 47.0 Å². The van der Waals surface area contributed by atoms with Gasteiger partial charge < -0.3 is 15.1 Å². The molecule has 0 unspecified atom stereocenters. The number of amides is 1. The van der Waals surface area contributed by atoms with Crippen LogP contribution in [0.15, 0.2) is 67.0 Å². The van der Waals surface area contributed by atoms with E-state index in [1.165, 1.54) is 17.6 Å². The summed E-state index contributed by atoms with van der Waals surface area (Å²) in [4.78, 5) is 25.5. The fourth-order valence-corrected chi connectivity index (χ4v) is 3.37. The first-order valence-electron chi connectivity index (χ1n) is 9.44. The molecule has 1 aromatic heterocycles. The number of rotatable bonds is 4. The van der Waals surface area contributed by atoms with E-state index >= 15 is 0 Å².